The van der Waals surface area contributed by atoms with Crippen LogP contribution < -0.4 is 5.32 Å². The van der Waals surface area contributed by atoms with Crippen molar-refractivity contribution < 1.29 is 9.53 Å². The van der Waals surface area contributed by atoms with Crippen LogP contribution in [-0.4, -0.2) is 17.5 Å². The molecule has 1 amide bonds. The lowest BCUT2D eigenvalue weighted by Gasteiger charge is -2.11. The number of hydrogen-bond donors (Lipinski definition) is 1. The zero-order valence-corrected chi connectivity index (χ0v) is 14.1. The van der Waals surface area contributed by atoms with Crippen LogP contribution in [0.2, 0.25) is 5.02 Å². The lowest BCUT2D eigenvalue weighted by Crippen LogP contribution is -2.14. The van der Waals surface area contributed by atoms with E-state index in [2.05, 4.69) is 10.3 Å². The van der Waals surface area contributed by atoms with Crippen LogP contribution in [0, 0.1) is 13.8 Å². The number of halogens is 1. The Morgan fingerprint density at radius 1 is 1.41 bits per heavy atom. The second-order valence-electron chi connectivity index (χ2n) is 5.44. The highest BCUT2D eigenvalue weighted by molar-refractivity contribution is 7.09. The molecule has 0 saturated carbocycles. The van der Waals surface area contributed by atoms with Crippen molar-refractivity contribution in [1.29, 1.82) is 0 Å². The third kappa shape index (κ3) is 3.16. The molecule has 0 unspecified atom stereocenters. The molecule has 0 aliphatic carbocycles. The number of amides is 1. The SMILES string of the molecule is Cc1cc(Cl)cc(C)c1NC(=O)c1csc([C@H]2CCCO2)n1. The summed E-state index contributed by atoms with van der Waals surface area (Å²) in [7, 11) is 0. The maximum atomic E-state index is 12.4. The first-order chi connectivity index (χ1) is 10.5. The maximum absolute atomic E-state index is 12.4. The summed E-state index contributed by atoms with van der Waals surface area (Å²) in [4.78, 5) is 16.8. The quantitative estimate of drug-likeness (QED) is 0.896. The molecule has 1 aromatic heterocycles. The fourth-order valence-corrected chi connectivity index (χ4v) is 3.81. The molecule has 22 heavy (non-hydrogen) atoms. The Bertz CT molecular complexity index is 685. The first-order valence-electron chi connectivity index (χ1n) is 7.19. The van der Waals surface area contributed by atoms with Gasteiger partial charge in [0.15, 0.2) is 0 Å². The number of ether oxygens (including phenoxy) is 1. The average Bonchev–Trinajstić information content (AvgIpc) is 3.12. The van der Waals surface area contributed by atoms with Gasteiger partial charge in [0, 0.05) is 22.7 Å². The zero-order chi connectivity index (χ0) is 15.7. The summed E-state index contributed by atoms with van der Waals surface area (Å²) < 4.78 is 5.60. The van der Waals surface area contributed by atoms with Crippen LogP contribution in [0.15, 0.2) is 17.5 Å². The molecule has 1 atom stereocenters. The van der Waals surface area contributed by atoms with Gasteiger partial charge in [-0.2, -0.15) is 0 Å². The number of thiazole rings is 1. The first-order valence-corrected chi connectivity index (χ1v) is 8.45. The van der Waals surface area contributed by atoms with Crippen molar-refractivity contribution in [3.63, 3.8) is 0 Å². The number of nitrogens with one attached hydrogen (secondary N) is 1. The minimum Gasteiger partial charge on any atom is -0.371 e. The van der Waals surface area contributed by atoms with Crippen LogP contribution >= 0.6 is 22.9 Å². The molecule has 1 aromatic carbocycles. The number of carbonyl (C=O) groups excluding carboxylic acids is 1. The molecule has 2 heterocycles. The summed E-state index contributed by atoms with van der Waals surface area (Å²) in [6, 6.07) is 3.67. The van der Waals surface area contributed by atoms with Gasteiger partial charge in [0.05, 0.1) is 0 Å². The van der Waals surface area contributed by atoms with Crippen molar-refractivity contribution in [2.75, 3.05) is 11.9 Å². The molecule has 1 aliphatic rings. The molecule has 1 saturated heterocycles. The summed E-state index contributed by atoms with van der Waals surface area (Å²) in [5, 5.41) is 6.27. The number of aryl methyl sites for hydroxylation is 2. The minimum absolute atomic E-state index is 0.0468. The Morgan fingerprint density at radius 2 is 2.14 bits per heavy atom. The highest BCUT2D eigenvalue weighted by Crippen LogP contribution is 2.31. The second-order valence-corrected chi connectivity index (χ2v) is 6.77. The number of nitrogens with zero attached hydrogens (tertiary/aromatic N) is 1. The molecule has 0 radical (unpaired) electrons. The molecule has 4 nitrogen and oxygen atoms in total. The van der Waals surface area contributed by atoms with Crippen molar-refractivity contribution in [3.8, 4) is 0 Å². The van der Waals surface area contributed by atoms with Crippen LogP contribution in [0.25, 0.3) is 0 Å². The van der Waals surface area contributed by atoms with Crippen molar-refractivity contribution in [1.82, 2.24) is 4.98 Å². The third-order valence-electron chi connectivity index (χ3n) is 3.70. The van der Waals surface area contributed by atoms with E-state index >= 15 is 0 Å². The van der Waals surface area contributed by atoms with E-state index in [1.165, 1.54) is 11.3 Å². The van der Waals surface area contributed by atoms with E-state index < -0.39 is 0 Å². The van der Waals surface area contributed by atoms with Gasteiger partial charge in [0.25, 0.3) is 5.91 Å². The van der Waals surface area contributed by atoms with Gasteiger partial charge in [-0.1, -0.05) is 11.6 Å². The minimum atomic E-state index is -0.200. The van der Waals surface area contributed by atoms with Gasteiger partial charge in [-0.25, -0.2) is 4.98 Å². The van der Waals surface area contributed by atoms with E-state index in [1.54, 1.807) is 5.38 Å². The van der Waals surface area contributed by atoms with E-state index in [1.807, 2.05) is 26.0 Å². The van der Waals surface area contributed by atoms with Crippen LogP contribution in [-0.2, 0) is 4.74 Å². The van der Waals surface area contributed by atoms with Crippen molar-refractivity contribution in [2.45, 2.75) is 32.8 Å². The molecule has 1 N–H and O–H groups in total. The van der Waals surface area contributed by atoms with Gasteiger partial charge in [0.2, 0.25) is 0 Å². The van der Waals surface area contributed by atoms with Crippen LogP contribution in [0.4, 0.5) is 5.69 Å². The fraction of sp³-hybridized carbons (Fsp3) is 0.375. The van der Waals surface area contributed by atoms with E-state index in [0.717, 1.165) is 41.3 Å². The molecule has 0 bridgehead atoms. The zero-order valence-electron chi connectivity index (χ0n) is 12.5. The van der Waals surface area contributed by atoms with E-state index in [9.17, 15) is 4.79 Å². The van der Waals surface area contributed by atoms with E-state index in [0.29, 0.717) is 10.7 Å². The second kappa shape index (κ2) is 6.36. The largest absolute Gasteiger partial charge is 0.371 e. The average molecular weight is 337 g/mol. The van der Waals surface area contributed by atoms with Gasteiger partial charge in [-0.3, -0.25) is 4.79 Å². The standard InChI is InChI=1S/C16H17ClN2O2S/c1-9-6-11(17)7-10(2)14(9)19-15(20)12-8-22-16(18-12)13-4-3-5-21-13/h6-8,13H,3-5H2,1-2H3,(H,19,20)/t13-/m1/s1. The monoisotopic (exact) mass is 336 g/mol. The molecule has 0 spiro atoms. The Morgan fingerprint density at radius 3 is 2.77 bits per heavy atom. The fourth-order valence-electron chi connectivity index (χ4n) is 2.60. The van der Waals surface area contributed by atoms with Crippen LogP contribution in [0.1, 0.15) is 45.6 Å². The Kier molecular flexibility index (Phi) is 4.47. The third-order valence-corrected chi connectivity index (χ3v) is 4.85. The maximum Gasteiger partial charge on any atom is 0.275 e. The molecule has 1 fully saturated rings. The van der Waals surface area contributed by atoms with E-state index in [-0.39, 0.29) is 12.0 Å². The highest BCUT2D eigenvalue weighted by Gasteiger charge is 2.22. The number of aromatic nitrogens is 1. The molecule has 6 heteroatoms. The molecule has 2 aromatic rings. The molecule has 1 aliphatic heterocycles. The molecular formula is C16H17ClN2O2S. The summed E-state index contributed by atoms with van der Waals surface area (Å²) in [6.07, 6.45) is 2.07. The van der Waals surface area contributed by atoms with Crippen LogP contribution in [0.5, 0.6) is 0 Å². The number of benzene rings is 1. The lowest BCUT2D eigenvalue weighted by atomic mass is 10.1. The van der Waals surface area contributed by atoms with Crippen molar-refractivity contribution in [3.05, 3.63) is 44.4 Å². The Labute approximate surface area is 138 Å². The number of hydrogen-bond acceptors (Lipinski definition) is 4. The van der Waals surface area contributed by atoms with E-state index in [4.69, 9.17) is 16.3 Å². The van der Waals surface area contributed by atoms with Gasteiger partial charge in [-0.05, 0) is 49.9 Å². The van der Waals surface area contributed by atoms with Gasteiger partial charge in [0.1, 0.15) is 16.8 Å². The smallest absolute Gasteiger partial charge is 0.275 e. The molecule has 116 valence electrons. The summed E-state index contributed by atoms with van der Waals surface area (Å²) in [5.74, 6) is -0.200. The molecular weight excluding hydrogens is 320 g/mol. The predicted molar refractivity (Wildman–Crippen MR) is 88.9 cm³/mol. The summed E-state index contributed by atoms with van der Waals surface area (Å²) in [6.45, 7) is 4.62. The van der Waals surface area contributed by atoms with Crippen molar-refractivity contribution >= 4 is 34.5 Å². The number of rotatable bonds is 3. The highest BCUT2D eigenvalue weighted by atomic mass is 35.5. The lowest BCUT2D eigenvalue weighted by molar-refractivity contribution is 0.101. The molecule has 3 rings (SSSR count). The van der Waals surface area contributed by atoms with Crippen molar-refractivity contribution in [2.24, 2.45) is 0 Å². The normalized spacial score (nSPS) is 17.7. The van der Waals surface area contributed by atoms with Gasteiger partial charge < -0.3 is 10.1 Å². The predicted octanol–water partition coefficient (Wildman–Crippen LogP) is 4.52. The van der Waals surface area contributed by atoms with Gasteiger partial charge >= 0.3 is 0 Å². The Balaban J connectivity index is 1.77. The number of carbonyl (C=O) groups is 1. The van der Waals surface area contributed by atoms with Gasteiger partial charge in [-0.15, -0.1) is 11.3 Å². The number of anilines is 1. The summed E-state index contributed by atoms with van der Waals surface area (Å²) >= 11 is 7.49. The topological polar surface area (TPSA) is 51.2 Å². The first kappa shape index (κ1) is 15.5. The summed E-state index contributed by atoms with van der Waals surface area (Å²) in [5.41, 5.74) is 3.10. The Hall–Kier alpha value is -1.43. The van der Waals surface area contributed by atoms with Crippen LogP contribution in [0.3, 0.4) is 0 Å².